The van der Waals surface area contributed by atoms with Gasteiger partial charge in [0.25, 0.3) is 5.91 Å². The molecule has 4 heteroatoms. The minimum Gasteiger partial charge on any atom is -0.484 e. The standard InChI is InChI=1S/C17H18ClNO2/c1-11-6-4-5-7-15(11)19-16(20)10-21-14-8-12(2)17(18)13(3)9-14/h4-9H,10H2,1-3H3,(H,19,20). The van der Waals surface area contributed by atoms with Crippen LogP contribution >= 0.6 is 11.6 Å². The molecule has 0 aliphatic heterocycles. The maximum atomic E-state index is 11.9. The molecule has 0 aliphatic carbocycles. The van der Waals surface area contributed by atoms with E-state index >= 15 is 0 Å². The number of anilines is 1. The number of nitrogens with one attached hydrogen (secondary N) is 1. The van der Waals surface area contributed by atoms with E-state index in [9.17, 15) is 4.79 Å². The molecule has 0 heterocycles. The quantitative estimate of drug-likeness (QED) is 0.915. The highest BCUT2D eigenvalue weighted by molar-refractivity contribution is 6.32. The topological polar surface area (TPSA) is 38.3 Å². The third-order valence-corrected chi connectivity index (χ3v) is 3.80. The van der Waals surface area contributed by atoms with Gasteiger partial charge in [0, 0.05) is 10.7 Å². The summed E-state index contributed by atoms with van der Waals surface area (Å²) in [5, 5.41) is 3.56. The molecule has 110 valence electrons. The van der Waals surface area contributed by atoms with Gasteiger partial charge in [-0.2, -0.15) is 0 Å². The Kier molecular flexibility index (Phi) is 4.86. The molecule has 0 saturated carbocycles. The summed E-state index contributed by atoms with van der Waals surface area (Å²) in [5.41, 5.74) is 3.69. The van der Waals surface area contributed by atoms with E-state index in [0.29, 0.717) is 5.75 Å². The van der Waals surface area contributed by atoms with Crippen LogP contribution in [0.2, 0.25) is 5.02 Å². The molecule has 3 nitrogen and oxygen atoms in total. The SMILES string of the molecule is Cc1ccccc1NC(=O)COc1cc(C)c(Cl)c(C)c1. The number of halogens is 1. The number of hydrogen-bond acceptors (Lipinski definition) is 2. The van der Waals surface area contributed by atoms with Crippen LogP contribution < -0.4 is 10.1 Å². The number of benzene rings is 2. The van der Waals surface area contributed by atoms with Crippen LogP contribution in [0.1, 0.15) is 16.7 Å². The Balaban J connectivity index is 1.97. The van der Waals surface area contributed by atoms with Crippen molar-refractivity contribution in [3.63, 3.8) is 0 Å². The molecule has 0 unspecified atom stereocenters. The van der Waals surface area contributed by atoms with Crippen molar-refractivity contribution in [1.82, 2.24) is 0 Å². The first-order chi connectivity index (χ1) is 9.97. The summed E-state index contributed by atoms with van der Waals surface area (Å²) in [5.74, 6) is 0.462. The average molecular weight is 304 g/mol. The molecule has 1 amide bonds. The van der Waals surface area contributed by atoms with E-state index in [1.54, 1.807) is 0 Å². The Morgan fingerprint density at radius 1 is 1.10 bits per heavy atom. The molecule has 0 bridgehead atoms. The third kappa shape index (κ3) is 3.99. The highest BCUT2D eigenvalue weighted by atomic mass is 35.5. The van der Waals surface area contributed by atoms with E-state index in [1.165, 1.54) is 0 Å². The van der Waals surface area contributed by atoms with Gasteiger partial charge in [-0.25, -0.2) is 0 Å². The predicted octanol–water partition coefficient (Wildman–Crippen LogP) is 4.28. The first kappa shape index (κ1) is 15.4. The summed E-state index contributed by atoms with van der Waals surface area (Å²) >= 11 is 6.10. The lowest BCUT2D eigenvalue weighted by atomic mass is 10.1. The van der Waals surface area contributed by atoms with Crippen molar-refractivity contribution in [2.75, 3.05) is 11.9 Å². The lowest BCUT2D eigenvalue weighted by molar-refractivity contribution is -0.118. The van der Waals surface area contributed by atoms with E-state index < -0.39 is 0 Å². The van der Waals surface area contributed by atoms with Gasteiger partial charge in [-0.1, -0.05) is 29.8 Å². The maximum Gasteiger partial charge on any atom is 0.262 e. The van der Waals surface area contributed by atoms with E-state index in [2.05, 4.69) is 5.32 Å². The van der Waals surface area contributed by atoms with Gasteiger partial charge in [0.15, 0.2) is 6.61 Å². The summed E-state index contributed by atoms with van der Waals surface area (Å²) < 4.78 is 5.53. The molecule has 1 N–H and O–H groups in total. The molecule has 21 heavy (non-hydrogen) atoms. The first-order valence-corrected chi connectivity index (χ1v) is 7.10. The van der Waals surface area contributed by atoms with Gasteiger partial charge in [0.2, 0.25) is 0 Å². The number of ether oxygens (including phenoxy) is 1. The highest BCUT2D eigenvalue weighted by Crippen LogP contribution is 2.25. The number of hydrogen-bond donors (Lipinski definition) is 1. The number of rotatable bonds is 4. The van der Waals surface area contributed by atoms with Gasteiger partial charge in [0.05, 0.1) is 0 Å². The molecule has 2 rings (SSSR count). The second kappa shape index (κ2) is 6.64. The van der Waals surface area contributed by atoms with Crippen molar-refractivity contribution in [2.24, 2.45) is 0 Å². The Morgan fingerprint density at radius 3 is 2.33 bits per heavy atom. The minimum absolute atomic E-state index is 0.0329. The first-order valence-electron chi connectivity index (χ1n) is 6.72. The number of carbonyl (C=O) groups is 1. The fraction of sp³-hybridized carbons (Fsp3) is 0.235. The highest BCUT2D eigenvalue weighted by Gasteiger charge is 2.07. The molecule has 0 spiro atoms. The van der Waals surface area contributed by atoms with Crippen LogP contribution in [0.15, 0.2) is 36.4 Å². The average Bonchev–Trinajstić information content (AvgIpc) is 2.45. The van der Waals surface area contributed by atoms with Crippen molar-refractivity contribution in [3.8, 4) is 5.75 Å². The van der Waals surface area contributed by atoms with Crippen molar-refractivity contribution < 1.29 is 9.53 Å². The Labute approximate surface area is 129 Å². The van der Waals surface area contributed by atoms with Crippen LogP contribution in [0.5, 0.6) is 5.75 Å². The van der Waals surface area contributed by atoms with E-state index in [-0.39, 0.29) is 12.5 Å². The smallest absolute Gasteiger partial charge is 0.262 e. The molecule has 0 aromatic heterocycles. The summed E-state index contributed by atoms with van der Waals surface area (Å²) in [6.45, 7) is 5.74. The van der Waals surface area contributed by atoms with Crippen molar-refractivity contribution in [3.05, 3.63) is 58.1 Å². The van der Waals surface area contributed by atoms with Crippen molar-refractivity contribution >= 4 is 23.2 Å². The lowest BCUT2D eigenvalue weighted by Crippen LogP contribution is -2.20. The van der Waals surface area contributed by atoms with Gasteiger partial charge in [-0.15, -0.1) is 0 Å². The van der Waals surface area contributed by atoms with Gasteiger partial charge >= 0.3 is 0 Å². The van der Waals surface area contributed by atoms with Crippen LogP contribution in [0.4, 0.5) is 5.69 Å². The second-order valence-electron chi connectivity index (χ2n) is 5.02. The van der Waals surface area contributed by atoms with Crippen LogP contribution in [0.3, 0.4) is 0 Å². The van der Waals surface area contributed by atoms with Gasteiger partial charge in [-0.05, 0) is 55.7 Å². The largest absolute Gasteiger partial charge is 0.484 e. The van der Waals surface area contributed by atoms with Gasteiger partial charge in [-0.3, -0.25) is 4.79 Å². The summed E-state index contributed by atoms with van der Waals surface area (Å²) in [7, 11) is 0. The second-order valence-corrected chi connectivity index (χ2v) is 5.40. The number of aryl methyl sites for hydroxylation is 3. The molecule has 0 saturated heterocycles. The van der Waals surface area contributed by atoms with Crippen molar-refractivity contribution in [2.45, 2.75) is 20.8 Å². The Bertz CT molecular complexity index is 645. The van der Waals surface area contributed by atoms with E-state index in [4.69, 9.17) is 16.3 Å². The van der Waals surface area contributed by atoms with Crippen LogP contribution in [0.25, 0.3) is 0 Å². The predicted molar refractivity (Wildman–Crippen MR) is 86.2 cm³/mol. The maximum absolute atomic E-state index is 11.9. The fourth-order valence-corrected chi connectivity index (χ4v) is 2.15. The Hall–Kier alpha value is -2.00. The van der Waals surface area contributed by atoms with Gasteiger partial charge in [0.1, 0.15) is 5.75 Å². The van der Waals surface area contributed by atoms with E-state index in [0.717, 1.165) is 27.4 Å². The molecule has 0 fully saturated rings. The fourth-order valence-electron chi connectivity index (χ4n) is 2.04. The van der Waals surface area contributed by atoms with E-state index in [1.807, 2.05) is 57.2 Å². The molecule has 0 radical (unpaired) electrons. The molecular formula is C17H18ClNO2. The normalized spacial score (nSPS) is 10.3. The Morgan fingerprint density at radius 2 is 1.71 bits per heavy atom. The van der Waals surface area contributed by atoms with Gasteiger partial charge < -0.3 is 10.1 Å². The zero-order chi connectivity index (χ0) is 15.4. The number of carbonyl (C=O) groups excluding carboxylic acids is 1. The molecule has 2 aromatic carbocycles. The van der Waals surface area contributed by atoms with Crippen LogP contribution in [0, 0.1) is 20.8 Å². The molecule has 0 atom stereocenters. The van der Waals surface area contributed by atoms with Crippen molar-refractivity contribution in [1.29, 1.82) is 0 Å². The summed E-state index contributed by atoms with van der Waals surface area (Å²) in [4.78, 5) is 11.9. The lowest BCUT2D eigenvalue weighted by Gasteiger charge is -2.11. The number of amides is 1. The number of para-hydroxylation sites is 1. The molecule has 2 aromatic rings. The zero-order valence-electron chi connectivity index (χ0n) is 12.4. The third-order valence-electron chi connectivity index (χ3n) is 3.20. The summed E-state index contributed by atoms with van der Waals surface area (Å²) in [6.07, 6.45) is 0. The van der Waals surface area contributed by atoms with Crippen LogP contribution in [-0.2, 0) is 4.79 Å². The summed E-state index contributed by atoms with van der Waals surface area (Å²) in [6, 6.07) is 11.3. The van der Waals surface area contributed by atoms with Crippen LogP contribution in [-0.4, -0.2) is 12.5 Å². The monoisotopic (exact) mass is 303 g/mol. The molecule has 0 aliphatic rings. The molecular weight excluding hydrogens is 286 g/mol. The minimum atomic E-state index is -0.186. The zero-order valence-corrected chi connectivity index (χ0v) is 13.1.